The van der Waals surface area contributed by atoms with Crippen LogP contribution in [0, 0.1) is 0 Å². The van der Waals surface area contributed by atoms with Crippen LogP contribution in [0.15, 0.2) is 35.2 Å². The van der Waals surface area contributed by atoms with Crippen molar-refractivity contribution in [1.82, 2.24) is 0 Å². The number of carbonyl (C=O) groups excluding carboxylic acids is 1. The SMILES string of the molecule is CSc1ccc(NC(=O)c2cc(Cl)sc2Cl)cc1. The molecule has 2 nitrogen and oxygen atoms in total. The molecule has 0 radical (unpaired) electrons. The topological polar surface area (TPSA) is 29.1 Å². The van der Waals surface area contributed by atoms with E-state index < -0.39 is 0 Å². The van der Waals surface area contributed by atoms with E-state index >= 15 is 0 Å². The van der Waals surface area contributed by atoms with E-state index in [0.29, 0.717) is 14.2 Å². The first-order valence-electron chi connectivity index (χ1n) is 5.00. The number of thiophene rings is 1. The van der Waals surface area contributed by atoms with Crippen molar-refractivity contribution in [3.8, 4) is 0 Å². The van der Waals surface area contributed by atoms with E-state index in [-0.39, 0.29) is 5.91 Å². The van der Waals surface area contributed by atoms with E-state index in [1.807, 2.05) is 30.5 Å². The maximum absolute atomic E-state index is 11.9. The lowest BCUT2D eigenvalue weighted by atomic mass is 10.3. The summed E-state index contributed by atoms with van der Waals surface area (Å²) in [6.07, 6.45) is 2.00. The van der Waals surface area contributed by atoms with E-state index in [1.165, 1.54) is 11.3 Å². The monoisotopic (exact) mass is 317 g/mol. The van der Waals surface area contributed by atoms with Gasteiger partial charge in [0.25, 0.3) is 5.91 Å². The highest BCUT2D eigenvalue weighted by Gasteiger charge is 2.14. The van der Waals surface area contributed by atoms with Crippen LogP contribution in [0.25, 0.3) is 0 Å². The Hall–Kier alpha value is -0.680. The molecular formula is C12H9Cl2NOS2. The molecule has 0 aliphatic rings. The molecule has 1 aromatic heterocycles. The molecule has 0 fully saturated rings. The number of thioether (sulfide) groups is 1. The van der Waals surface area contributed by atoms with Gasteiger partial charge in [0, 0.05) is 10.6 Å². The molecule has 94 valence electrons. The van der Waals surface area contributed by atoms with Crippen LogP contribution in [0.3, 0.4) is 0 Å². The molecule has 0 aliphatic carbocycles. The molecule has 0 spiro atoms. The van der Waals surface area contributed by atoms with E-state index in [1.54, 1.807) is 17.8 Å². The maximum atomic E-state index is 11.9. The fourth-order valence-electron chi connectivity index (χ4n) is 1.37. The maximum Gasteiger partial charge on any atom is 0.258 e. The fourth-order valence-corrected chi connectivity index (χ4v) is 3.23. The van der Waals surface area contributed by atoms with Crippen molar-refractivity contribution >= 4 is 57.9 Å². The largest absolute Gasteiger partial charge is 0.322 e. The van der Waals surface area contributed by atoms with Gasteiger partial charge in [0.15, 0.2) is 0 Å². The van der Waals surface area contributed by atoms with Crippen molar-refractivity contribution in [3.63, 3.8) is 0 Å². The summed E-state index contributed by atoms with van der Waals surface area (Å²) in [5.41, 5.74) is 1.14. The first kappa shape index (κ1) is 13.7. The number of nitrogens with one attached hydrogen (secondary N) is 1. The van der Waals surface area contributed by atoms with E-state index in [4.69, 9.17) is 23.2 Å². The Morgan fingerprint density at radius 2 is 1.94 bits per heavy atom. The molecule has 18 heavy (non-hydrogen) atoms. The van der Waals surface area contributed by atoms with Crippen LogP contribution in [-0.2, 0) is 0 Å². The van der Waals surface area contributed by atoms with Crippen molar-refractivity contribution in [1.29, 1.82) is 0 Å². The van der Waals surface area contributed by atoms with Gasteiger partial charge in [-0.05, 0) is 36.6 Å². The summed E-state index contributed by atoms with van der Waals surface area (Å²) in [6.45, 7) is 0. The van der Waals surface area contributed by atoms with Gasteiger partial charge in [-0.25, -0.2) is 0 Å². The van der Waals surface area contributed by atoms with Gasteiger partial charge in [-0.2, -0.15) is 0 Å². The first-order chi connectivity index (χ1) is 8.60. The van der Waals surface area contributed by atoms with Gasteiger partial charge in [0.1, 0.15) is 4.34 Å². The molecule has 1 aromatic carbocycles. The van der Waals surface area contributed by atoms with Crippen molar-refractivity contribution in [3.05, 3.63) is 44.6 Å². The van der Waals surface area contributed by atoms with Crippen LogP contribution >= 0.6 is 46.3 Å². The van der Waals surface area contributed by atoms with Crippen molar-refractivity contribution in [2.24, 2.45) is 0 Å². The van der Waals surface area contributed by atoms with Crippen molar-refractivity contribution in [2.75, 3.05) is 11.6 Å². The third kappa shape index (κ3) is 3.20. The van der Waals surface area contributed by atoms with Crippen LogP contribution in [0.1, 0.15) is 10.4 Å². The molecule has 1 amide bonds. The number of amides is 1. The van der Waals surface area contributed by atoms with Crippen LogP contribution in [-0.4, -0.2) is 12.2 Å². The lowest BCUT2D eigenvalue weighted by Crippen LogP contribution is -2.11. The number of halogens is 2. The third-order valence-corrected chi connectivity index (χ3v) is 4.48. The Morgan fingerprint density at radius 1 is 1.28 bits per heavy atom. The van der Waals surface area contributed by atoms with Crippen molar-refractivity contribution < 1.29 is 4.79 Å². The minimum absolute atomic E-state index is 0.250. The number of carbonyl (C=O) groups is 1. The zero-order valence-corrected chi connectivity index (χ0v) is 12.5. The molecule has 0 saturated heterocycles. The van der Waals surface area contributed by atoms with Crippen LogP contribution in [0.5, 0.6) is 0 Å². The molecule has 1 N–H and O–H groups in total. The Bertz CT molecular complexity index is 566. The van der Waals surface area contributed by atoms with Gasteiger partial charge >= 0.3 is 0 Å². The van der Waals surface area contributed by atoms with E-state index in [0.717, 1.165) is 10.6 Å². The summed E-state index contributed by atoms with van der Waals surface area (Å²) in [4.78, 5) is 13.1. The lowest BCUT2D eigenvalue weighted by molar-refractivity contribution is 0.102. The third-order valence-electron chi connectivity index (χ3n) is 2.25. The fraction of sp³-hybridized carbons (Fsp3) is 0.0833. The summed E-state index contributed by atoms with van der Waals surface area (Å²) >= 11 is 14.6. The van der Waals surface area contributed by atoms with Gasteiger partial charge in [0.05, 0.1) is 9.90 Å². The molecule has 2 rings (SSSR count). The lowest BCUT2D eigenvalue weighted by Gasteiger charge is -2.04. The predicted molar refractivity (Wildman–Crippen MR) is 80.5 cm³/mol. The van der Waals surface area contributed by atoms with Gasteiger partial charge in [-0.15, -0.1) is 23.1 Å². The molecule has 0 saturated carbocycles. The number of benzene rings is 1. The second-order valence-electron chi connectivity index (χ2n) is 3.42. The summed E-state index contributed by atoms with van der Waals surface area (Å²) in [5.74, 6) is -0.250. The summed E-state index contributed by atoms with van der Waals surface area (Å²) in [6, 6.07) is 9.17. The first-order valence-corrected chi connectivity index (χ1v) is 7.80. The molecule has 0 atom stereocenters. The highest BCUT2D eigenvalue weighted by molar-refractivity contribution is 7.98. The standard InChI is InChI=1S/C12H9Cl2NOS2/c1-17-8-4-2-7(3-5-8)15-12(16)9-6-10(13)18-11(9)14/h2-6H,1H3,(H,15,16). The second-order valence-corrected chi connectivity index (χ2v) is 6.59. The van der Waals surface area contributed by atoms with Crippen LogP contribution in [0.4, 0.5) is 5.69 Å². The quantitative estimate of drug-likeness (QED) is 0.804. The average molecular weight is 318 g/mol. The van der Waals surface area contributed by atoms with Crippen LogP contribution < -0.4 is 5.32 Å². The zero-order valence-electron chi connectivity index (χ0n) is 9.37. The summed E-state index contributed by atoms with van der Waals surface area (Å²) in [7, 11) is 0. The molecular weight excluding hydrogens is 309 g/mol. The Balaban J connectivity index is 2.13. The smallest absolute Gasteiger partial charge is 0.258 e. The van der Waals surface area contributed by atoms with E-state index in [2.05, 4.69) is 5.32 Å². The number of hydrogen-bond acceptors (Lipinski definition) is 3. The molecule has 2 aromatic rings. The minimum Gasteiger partial charge on any atom is -0.322 e. The van der Waals surface area contributed by atoms with Gasteiger partial charge in [0.2, 0.25) is 0 Å². The van der Waals surface area contributed by atoms with Crippen molar-refractivity contribution in [2.45, 2.75) is 4.90 Å². The van der Waals surface area contributed by atoms with Gasteiger partial charge < -0.3 is 5.32 Å². The molecule has 0 bridgehead atoms. The van der Waals surface area contributed by atoms with Crippen LogP contribution in [0.2, 0.25) is 8.67 Å². The normalized spacial score (nSPS) is 10.4. The number of anilines is 1. The minimum atomic E-state index is -0.250. The summed E-state index contributed by atoms with van der Waals surface area (Å²) < 4.78 is 0.904. The Labute approximate surface area is 123 Å². The molecule has 1 heterocycles. The number of hydrogen-bond donors (Lipinski definition) is 1. The molecule has 6 heteroatoms. The van der Waals surface area contributed by atoms with Gasteiger partial charge in [-0.1, -0.05) is 23.2 Å². The predicted octanol–water partition coefficient (Wildman–Crippen LogP) is 5.03. The average Bonchev–Trinajstić information content (AvgIpc) is 2.69. The second kappa shape index (κ2) is 5.97. The Kier molecular flexibility index (Phi) is 4.56. The molecule has 0 aliphatic heterocycles. The van der Waals surface area contributed by atoms with E-state index in [9.17, 15) is 4.79 Å². The Morgan fingerprint density at radius 3 is 2.44 bits per heavy atom. The highest BCUT2D eigenvalue weighted by Crippen LogP contribution is 2.31. The number of rotatable bonds is 3. The highest BCUT2D eigenvalue weighted by atomic mass is 35.5. The van der Waals surface area contributed by atoms with Gasteiger partial charge in [-0.3, -0.25) is 4.79 Å². The molecule has 0 unspecified atom stereocenters. The zero-order chi connectivity index (χ0) is 13.1. The summed E-state index contributed by atoms with van der Waals surface area (Å²) in [5, 5.41) is 2.78.